The van der Waals surface area contributed by atoms with Gasteiger partial charge < -0.3 is 0 Å². The van der Waals surface area contributed by atoms with Crippen molar-refractivity contribution in [3.05, 3.63) is 28.1 Å². The summed E-state index contributed by atoms with van der Waals surface area (Å²) in [6.45, 7) is 0. The average molecular weight is 226 g/mol. The van der Waals surface area contributed by atoms with Crippen molar-refractivity contribution in [1.29, 1.82) is 5.26 Å². The lowest BCUT2D eigenvalue weighted by Crippen LogP contribution is -1.78. The number of hydrogen-bond donors (Lipinski definition) is 1. The van der Waals surface area contributed by atoms with E-state index >= 15 is 0 Å². The number of nitriles is 1. The minimum absolute atomic E-state index is 0.490. The third-order valence-corrected chi connectivity index (χ3v) is 3.57. The summed E-state index contributed by atoms with van der Waals surface area (Å²) >= 11 is 11.7. The van der Waals surface area contributed by atoms with Crippen molar-refractivity contribution in [3.8, 4) is 6.07 Å². The van der Waals surface area contributed by atoms with Crippen molar-refractivity contribution < 1.29 is 0 Å². The van der Waals surface area contributed by atoms with E-state index in [0.29, 0.717) is 10.6 Å². The minimum Gasteiger partial charge on any atom is -0.192 e. The number of thiol groups is 1. The van der Waals surface area contributed by atoms with Crippen molar-refractivity contribution in [3.63, 3.8) is 0 Å². The van der Waals surface area contributed by atoms with E-state index in [1.807, 2.05) is 11.4 Å². The highest BCUT2D eigenvalue weighted by atomic mass is 35.5. The lowest BCUT2D eigenvalue weighted by Gasteiger charge is -1.97. The number of benzene rings is 1. The molecule has 4 heteroatoms. The minimum atomic E-state index is 0.490. The van der Waals surface area contributed by atoms with Gasteiger partial charge >= 0.3 is 0 Å². The number of halogens is 1. The first kappa shape index (κ1) is 8.89. The SMILES string of the molecule is N#Cc1c(Cl)ccc2scc(S)c12. The monoisotopic (exact) mass is 225 g/mol. The van der Waals surface area contributed by atoms with E-state index in [1.54, 1.807) is 17.4 Å². The molecule has 2 aromatic rings. The first-order valence-corrected chi connectivity index (χ1v) is 5.23. The highest BCUT2D eigenvalue weighted by Crippen LogP contribution is 2.34. The van der Waals surface area contributed by atoms with Crippen LogP contribution in [0, 0.1) is 11.3 Å². The number of thiophene rings is 1. The molecule has 0 aliphatic heterocycles. The highest BCUT2D eigenvalue weighted by molar-refractivity contribution is 7.80. The van der Waals surface area contributed by atoms with Crippen LogP contribution in [0.2, 0.25) is 5.02 Å². The van der Waals surface area contributed by atoms with Crippen LogP contribution in [0.5, 0.6) is 0 Å². The van der Waals surface area contributed by atoms with Gasteiger partial charge in [0.1, 0.15) is 6.07 Å². The van der Waals surface area contributed by atoms with Gasteiger partial charge in [0.2, 0.25) is 0 Å². The number of rotatable bonds is 0. The molecule has 0 saturated heterocycles. The summed E-state index contributed by atoms with van der Waals surface area (Å²) in [6, 6.07) is 5.74. The van der Waals surface area contributed by atoms with Crippen LogP contribution in [-0.4, -0.2) is 0 Å². The Morgan fingerprint density at radius 2 is 2.23 bits per heavy atom. The molecular weight excluding hydrogens is 222 g/mol. The summed E-state index contributed by atoms with van der Waals surface area (Å²) < 4.78 is 1.05. The van der Waals surface area contributed by atoms with E-state index in [1.165, 1.54) is 0 Å². The zero-order valence-electron chi connectivity index (χ0n) is 6.41. The van der Waals surface area contributed by atoms with Crippen LogP contribution in [0.15, 0.2) is 22.4 Å². The topological polar surface area (TPSA) is 23.8 Å². The Bertz CT molecular complexity index is 510. The molecule has 0 aliphatic rings. The summed E-state index contributed by atoms with van der Waals surface area (Å²) in [5, 5.41) is 12.2. The highest BCUT2D eigenvalue weighted by Gasteiger charge is 2.09. The number of nitrogens with zero attached hydrogens (tertiary/aromatic N) is 1. The summed E-state index contributed by atoms with van der Waals surface area (Å²) in [7, 11) is 0. The molecule has 0 N–H and O–H groups in total. The lowest BCUT2D eigenvalue weighted by molar-refractivity contribution is 1.50. The first-order chi connectivity index (χ1) is 6.24. The molecule has 13 heavy (non-hydrogen) atoms. The maximum atomic E-state index is 8.90. The fourth-order valence-corrected chi connectivity index (χ4v) is 2.70. The van der Waals surface area contributed by atoms with E-state index < -0.39 is 0 Å². The van der Waals surface area contributed by atoms with Gasteiger partial charge in [0.25, 0.3) is 0 Å². The second-order valence-corrected chi connectivity index (χ2v) is 4.33. The van der Waals surface area contributed by atoms with Crippen LogP contribution in [-0.2, 0) is 0 Å². The fraction of sp³-hybridized carbons (Fsp3) is 0. The third kappa shape index (κ3) is 1.31. The van der Waals surface area contributed by atoms with Crippen LogP contribution >= 0.6 is 35.6 Å². The molecule has 1 heterocycles. The van der Waals surface area contributed by atoms with Crippen molar-refractivity contribution >= 4 is 45.7 Å². The smallest absolute Gasteiger partial charge is 0.101 e. The van der Waals surface area contributed by atoms with E-state index in [2.05, 4.69) is 18.7 Å². The Balaban J connectivity index is 2.99. The van der Waals surface area contributed by atoms with Gasteiger partial charge in [-0.05, 0) is 12.1 Å². The zero-order valence-corrected chi connectivity index (χ0v) is 8.88. The largest absolute Gasteiger partial charge is 0.192 e. The van der Waals surface area contributed by atoms with Gasteiger partial charge in [0.05, 0.1) is 10.6 Å². The summed E-state index contributed by atoms with van der Waals surface area (Å²) in [5.74, 6) is 0. The fourth-order valence-electron chi connectivity index (χ4n) is 1.20. The lowest BCUT2D eigenvalue weighted by atomic mass is 10.1. The molecule has 0 fully saturated rings. The van der Waals surface area contributed by atoms with Crippen molar-refractivity contribution in [2.45, 2.75) is 4.90 Å². The maximum Gasteiger partial charge on any atom is 0.101 e. The molecule has 1 nitrogen and oxygen atoms in total. The molecule has 0 unspecified atom stereocenters. The van der Waals surface area contributed by atoms with Crippen molar-refractivity contribution in [2.24, 2.45) is 0 Å². The van der Waals surface area contributed by atoms with Gasteiger partial charge in [-0.25, -0.2) is 0 Å². The number of fused-ring (bicyclic) bond motifs is 1. The van der Waals surface area contributed by atoms with Gasteiger partial charge in [-0.3, -0.25) is 0 Å². The molecule has 1 aromatic carbocycles. The van der Waals surface area contributed by atoms with Crippen molar-refractivity contribution in [2.75, 3.05) is 0 Å². The quantitative estimate of drug-likeness (QED) is 0.679. The van der Waals surface area contributed by atoms with E-state index in [-0.39, 0.29) is 0 Å². The molecule has 0 radical (unpaired) electrons. The van der Waals surface area contributed by atoms with Crippen LogP contribution in [0.4, 0.5) is 0 Å². The Morgan fingerprint density at radius 3 is 2.92 bits per heavy atom. The predicted molar refractivity (Wildman–Crippen MR) is 58.8 cm³/mol. The Labute approximate surface area is 90.0 Å². The summed E-state index contributed by atoms with van der Waals surface area (Å²) in [4.78, 5) is 0.819. The molecule has 1 aromatic heterocycles. The second-order valence-electron chi connectivity index (χ2n) is 2.53. The van der Waals surface area contributed by atoms with Gasteiger partial charge in [-0.1, -0.05) is 11.6 Å². The van der Waals surface area contributed by atoms with E-state index in [4.69, 9.17) is 16.9 Å². The van der Waals surface area contributed by atoms with Gasteiger partial charge in [-0.15, -0.1) is 24.0 Å². The molecule has 0 saturated carbocycles. The molecule has 0 bridgehead atoms. The molecule has 64 valence electrons. The van der Waals surface area contributed by atoms with Gasteiger partial charge in [0, 0.05) is 20.4 Å². The Kier molecular flexibility index (Phi) is 2.20. The first-order valence-electron chi connectivity index (χ1n) is 3.53. The Morgan fingerprint density at radius 1 is 1.46 bits per heavy atom. The van der Waals surface area contributed by atoms with Crippen LogP contribution < -0.4 is 0 Å². The van der Waals surface area contributed by atoms with Gasteiger partial charge in [-0.2, -0.15) is 5.26 Å². The standard InChI is InChI=1S/C9H4ClNS2/c10-6-1-2-8-9(5(6)3-11)7(12)4-13-8/h1-2,4,12H. The molecule has 0 amide bonds. The summed E-state index contributed by atoms with van der Waals surface area (Å²) in [5.41, 5.74) is 0.519. The Hall–Kier alpha value is -0.690. The zero-order chi connectivity index (χ0) is 9.42. The predicted octanol–water partition coefficient (Wildman–Crippen LogP) is 3.72. The van der Waals surface area contributed by atoms with Gasteiger partial charge in [0.15, 0.2) is 0 Å². The maximum absolute atomic E-state index is 8.90. The normalized spacial score (nSPS) is 10.2. The molecule has 0 aliphatic carbocycles. The van der Waals surface area contributed by atoms with E-state index in [0.717, 1.165) is 15.0 Å². The second kappa shape index (κ2) is 3.22. The molecule has 0 atom stereocenters. The van der Waals surface area contributed by atoms with Crippen molar-refractivity contribution in [1.82, 2.24) is 0 Å². The van der Waals surface area contributed by atoms with Crippen LogP contribution in [0.25, 0.3) is 10.1 Å². The molecule has 0 spiro atoms. The average Bonchev–Trinajstić information content (AvgIpc) is 2.49. The summed E-state index contributed by atoms with van der Waals surface area (Å²) in [6.07, 6.45) is 0. The van der Waals surface area contributed by atoms with E-state index in [9.17, 15) is 0 Å². The molecule has 2 rings (SSSR count). The molecular formula is C9H4ClNS2. The third-order valence-electron chi connectivity index (χ3n) is 1.78. The van der Waals surface area contributed by atoms with Crippen LogP contribution in [0.3, 0.4) is 0 Å². The number of hydrogen-bond acceptors (Lipinski definition) is 3. The van der Waals surface area contributed by atoms with Crippen LogP contribution in [0.1, 0.15) is 5.56 Å².